The first-order valence-corrected chi connectivity index (χ1v) is 9.32. The summed E-state index contributed by atoms with van der Waals surface area (Å²) in [5, 5.41) is 3.26. The highest BCUT2D eigenvalue weighted by Crippen LogP contribution is 2.20. The molecule has 6 heteroatoms. The molecule has 1 fully saturated rings. The zero-order valence-electron chi connectivity index (χ0n) is 15.3. The summed E-state index contributed by atoms with van der Waals surface area (Å²) in [6.07, 6.45) is 0. The van der Waals surface area contributed by atoms with Gasteiger partial charge in [0.15, 0.2) is 0 Å². The number of hydrogen-bond acceptors (Lipinski definition) is 4. The Labute approximate surface area is 160 Å². The maximum Gasteiger partial charge on any atom is 0.254 e. The van der Waals surface area contributed by atoms with Crippen LogP contribution in [-0.4, -0.2) is 46.9 Å². The number of thiazole rings is 1. The first kappa shape index (κ1) is 19.9. The minimum atomic E-state index is 0. The van der Waals surface area contributed by atoms with Gasteiger partial charge in [-0.25, -0.2) is 4.98 Å². The minimum Gasteiger partial charge on any atom is -0.336 e. The van der Waals surface area contributed by atoms with Gasteiger partial charge in [-0.2, -0.15) is 0 Å². The van der Waals surface area contributed by atoms with Crippen molar-refractivity contribution in [2.75, 3.05) is 26.2 Å². The van der Waals surface area contributed by atoms with Crippen molar-refractivity contribution in [3.05, 3.63) is 50.5 Å². The van der Waals surface area contributed by atoms with E-state index in [1.54, 1.807) is 11.3 Å². The topological polar surface area (TPSA) is 36.4 Å². The lowest BCUT2D eigenvalue weighted by Gasteiger charge is -2.34. The first-order valence-electron chi connectivity index (χ1n) is 8.44. The lowest BCUT2D eigenvalue weighted by atomic mass is 9.98. The molecule has 25 heavy (non-hydrogen) atoms. The number of hydrogen-bond donors (Lipinski definition) is 0. The van der Waals surface area contributed by atoms with Crippen LogP contribution < -0.4 is 0 Å². The monoisotopic (exact) mass is 379 g/mol. The molecule has 3 rings (SSSR count). The largest absolute Gasteiger partial charge is 0.336 e. The number of aromatic nitrogens is 1. The van der Waals surface area contributed by atoms with E-state index in [9.17, 15) is 4.79 Å². The number of nitrogens with zero attached hydrogens (tertiary/aromatic N) is 3. The van der Waals surface area contributed by atoms with Crippen LogP contribution in [0.25, 0.3) is 0 Å². The predicted octanol–water partition coefficient (Wildman–Crippen LogP) is 3.76. The quantitative estimate of drug-likeness (QED) is 0.814. The van der Waals surface area contributed by atoms with E-state index < -0.39 is 0 Å². The van der Waals surface area contributed by atoms with Gasteiger partial charge in [-0.05, 0) is 38.8 Å². The Morgan fingerprint density at radius 3 is 2.20 bits per heavy atom. The Kier molecular flexibility index (Phi) is 6.60. The Balaban J connectivity index is 0.00000225. The fourth-order valence-electron chi connectivity index (χ4n) is 3.45. The van der Waals surface area contributed by atoms with Crippen molar-refractivity contribution in [1.29, 1.82) is 0 Å². The third kappa shape index (κ3) is 4.60. The second-order valence-electron chi connectivity index (χ2n) is 6.72. The molecule has 0 saturated carbocycles. The summed E-state index contributed by atoms with van der Waals surface area (Å²) in [7, 11) is 0. The highest BCUT2D eigenvalue weighted by atomic mass is 35.5. The Bertz CT molecular complexity index is 728. The molecule has 0 aliphatic carbocycles. The second kappa shape index (κ2) is 8.30. The Morgan fingerprint density at radius 1 is 1.08 bits per heavy atom. The lowest BCUT2D eigenvalue weighted by molar-refractivity contribution is 0.0627. The van der Waals surface area contributed by atoms with Gasteiger partial charge in [0.1, 0.15) is 5.01 Å². The SMILES string of the molecule is Cc1cc(C)c(C(=O)N2CCN(Cc3nc(C)cs3)CC2)c(C)c1.Cl. The third-order valence-electron chi connectivity index (χ3n) is 4.58. The predicted molar refractivity (Wildman–Crippen MR) is 106 cm³/mol. The molecule has 1 aromatic carbocycles. The molecule has 1 amide bonds. The third-order valence-corrected chi connectivity index (χ3v) is 5.53. The Hall–Kier alpha value is -1.43. The van der Waals surface area contributed by atoms with Crippen molar-refractivity contribution in [2.24, 2.45) is 0 Å². The summed E-state index contributed by atoms with van der Waals surface area (Å²) >= 11 is 1.72. The number of carbonyl (C=O) groups excluding carboxylic acids is 1. The fourth-order valence-corrected chi connectivity index (χ4v) is 4.26. The molecule has 0 radical (unpaired) electrons. The molecule has 1 aliphatic heterocycles. The molecule has 1 aliphatic rings. The lowest BCUT2D eigenvalue weighted by Crippen LogP contribution is -2.48. The average Bonchev–Trinajstić information content (AvgIpc) is 2.92. The van der Waals surface area contributed by atoms with E-state index in [4.69, 9.17) is 0 Å². The van der Waals surface area contributed by atoms with E-state index in [-0.39, 0.29) is 18.3 Å². The normalized spacial score (nSPS) is 15.1. The highest BCUT2D eigenvalue weighted by molar-refractivity contribution is 7.09. The summed E-state index contributed by atoms with van der Waals surface area (Å²) in [5.74, 6) is 0.176. The summed E-state index contributed by atoms with van der Waals surface area (Å²) in [4.78, 5) is 21.8. The summed E-state index contributed by atoms with van der Waals surface area (Å²) in [6, 6.07) is 4.20. The molecule has 2 aromatic rings. The summed E-state index contributed by atoms with van der Waals surface area (Å²) in [6.45, 7) is 12.5. The van der Waals surface area contributed by atoms with Crippen molar-refractivity contribution >= 4 is 29.7 Å². The Morgan fingerprint density at radius 2 is 1.68 bits per heavy atom. The van der Waals surface area contributed by atoms with Crippen LogP contribution >= 0.6 is 23.7 Å². The molecule has 0 spiro atoms. The molecule has 0 unspecified atom stereocenters. The van der Waals surface area contributed by atoms with Crippen LogP contribution in [0.5, 0.6) is 0 Å². The van der Waals surface area contributed by atoms with Crippen LogP contribution in [0, 0.1) is 27.7 Å². The van der Waals surface area contributed by atoms with E-state index in [0.29, 0.717) is 0 Å². The van der Waals surface area contributed by atoms with Crippen LogP contribution in [0.15, 0.2) is 17.5 Å². The molecule has 0 N–H and O–H groups in total. The maximum atomic E-state index is 12.9. The molecule has 1 saturated heterocycles. The van der Waals surface area contributed by atoms with E-state index in [1.165, 1.54) is 5.56 Å². The fraction of sp³-hybridized carbons (Fsp3) is 0.474. The molecule has 1 aromatic heterocycles. The molecule has 136 valence electrons. The second-order valence-corrected chi connectivity index (χ2v) is 7.67. The van der Waals surface area contributed by atoms with Crippen LogP contribution in [-0.2, 0) is 6.54 Å². The van der Waals surface area contributed by atoms with Crippen molar-refractivity contribution < 1.29 is 4.79 Å². The number of amides is 1. The van der Waals surface area contributed by atoms with E-state index in [1.807, 2.05) is 25.7 Å². The van der Waals surface area contributed by atoms with Gasteiger partial charge >= 0.3 is 0 Å². The number of benzene rings is 1. The van der Waals surface area contributed by atoms with Crippen molar-refractivity contribution in [1.82, 2.24) is 14.8 Å². The average molecular weight is 380 g/mol. The van der Waals surface area contributed by atoms with E-state index in [2.05, 4.69) is 34.3 Å². The number of piperazine rings is 1. The molecule has 4 nitrogen and oxygen atoms in total. The van der Waals surface area contributed by atoms with Gasteiger partial charge in [-0.3, -0.25) is 9.69 Å². The number of halogens is 1. The molecular formula is C19H26ClN3OS. The van der Waals surface area contributed by atoms with Crippen LogP contribution in [0.3, 0.4) is 0 Å². The van der Waals surface area contributed by atoms with Crippen LogP contribution in [0.2, 0.25) is 0 Å². The van der Waals surface area contributed by atoms with Gasteiger partial charge in [0.25, 0.3) is 5.91 Å². The van der Waals surface area contributed by atoms with Crippen LogP contribution in [0.1, 0.15) is 37.7 Å². The van der Waals surface area contributed by atoms with Gasteiger partial charge in [0, 0.05) is 42.8 Å². The number of carbonyl (C=O) groups is 1. The number of rotatable bonds is 3. The molecule has 0 bridgehead atoms. The zero-order valence-corrected chi connectivity index (χ0v) is 17.0. The molecule has 2 heterocycles. The van der Waals surface area contributed by atoms with E-state index >= 15 is 0 Å². The smallest absolute Gasteiger partial charge is 0.254 e. The molecule has 0 atom stereocenters. The summed E-state index contributed by atoms with van der Waals surface area (Å²) < 4.78 is 0. The van der Waals surface area contributed by atoms with Crippen molar-refractivity contribution in [3.63, 3.8) is 0 Å². The van der Waals surface area contributed by atoms with Crippen molar-refractivity contribution in [3.8, 4) is 0 Å². The first-order chi connectivity index (χ1) is 11.4. The minimum absolute atomic E-state index is 0. The number of aryl methyl sites for hydroxylation is 4. The van der Waals surface area contributed by atoms with E-state index in [0.717, 1.165) is 60.1 Å². The highest BCUT2D eigenvalue weighted by Gasteiger charge is 2.24. The summed E-state index contributed by atoms with van der Waals surface area (Å²) in [5.41, 5.74) is 5.35. The molecular weight excluding hydrogens is 354 g/mol. The van der Waals surface area contributed by atoms with Crippen molar-refractivity contribution in [2.45, 2.75) is 34.2 Å². The standard InChI is InChI=1S/C19H25N3OS.ClH/c1-13-9-14(2)18(15(3)10-13)19(23)22-7-5-21(6-8-22)11-17-20-16(4)12-24-17;/h9-10,12H,5-8,11H2,1-4H3;1H. The van der Waals surface area contributed by atoms with Gasteiger partial charge in [0.05, 0.1) is 6.54 Å². The zero-order chi connectivity index (χ0) is 17.3. The van der Waals surface area contributed by atoms with Gasteiger partial charge in [-0.15, -0.1) is 23.7 Å². The van der Waals surface area contributed by atoms with Crippen LogP contribution in [0.4, 0.5) is 0 Å². The van der Waals surface area contributed by atoms with Gasteiger partial charge < -0.3 is 4.90 Å². The van der Waals surface area contributed by atoms with Gasteiger partial charge in [0.2, 0.25) is 0 Å². The maximum absolute atomic E-state index is 12.9. The van der Waals surface area contributed by atoms with Gasteiger partial charge in [-0.1, -0.05) is 17.7 Å².